The SMILES string of the molecule is C=C(C#N)c1ccccc1NCCC.CC.COC. The first-order valence-electron chi connectivity index (χ1n) is 6.53. The molecule has 0 fully saturated rings. The Morgan fingerprint density at radius 3 is 2.32 bits per heavy atom. The van der Waals surface area contributed by atoms with Crippen molar-refractivity contribution in [1.82, 2.24) is 0 Å². The molecular weight excluding hydrogens is 236 g/mol. The van der Waals surface area contributed by atoms with Crippen molar-refractivity contribution in [3.05, 3.63) is 36.4 Å². The third-order valence-corrected chi connectivity index (χ3v) is 1.95. The number of para-hydroxylation sites is 1. The van der Waals surface area contributed by atoms with E-state index >= 15 is 0 Å². The quantitative estimate of drug-likeness (QED) is 0.821. The summed E-state index contributed by atoms with van der Waals surface area (Å²) in [5, 5.41) is 12.0. The molecule has 0 aliphatic carbocycles. The van der Waals surface area contributed by atoms with Gasteiger partial charge in [0.25, 0.3) is 0 Å². The van der Waals surface area contributed by atoms with Crippen LogP contribution < -0.4 is 5.32 Å². The average Bonchev–Trinajstić information content (AvgIpc) is 2.47. The van der Waals surface area contributed by atoms with E-state index in [0.717, 1.165) is 24.2 Å². The van der Waals surface area contributed by atoms with E-state index < -0.39 is 0 Å². The van der Waals surface area contributed by atoms with Crippen LogP contribution in [0.4, 0.5) is 5.69 Å². The van der Waals surface area contributed by atoms with Crippen LogP contribution in [0.2, 0.25) is 0 Å². The van der Waals surface area contributed by atoms with Crippen molar-refractivity contribution >= 4 is 11.3 Å². The molecular formula is C16H26N2O. The van der Waals surface area contributed by atoms with Crippen molar-refractivity contribution in [3.8, 4) is 6.07 Å². The lowest BCUT2D eigenvalue weighted by atomic mass is 10.1. The number of benzene rings is 1. The minimum absolute atomic E-state index is 0.504. The summed E-state index contributed by atoms with van der Waals surface area (Å²) in [6, 6.07) is 9.80. The Hall–Kier alpha value is -1.79. The van der Waals surface area contributed by atoms with Gasteiger partial charge in [-0.25, -0.2) is 0 Å². The third kappa shape index (κ3) is 8.87. The first-order chi connectivity index (χ1) is 9.21. The van der Waals surface area contributed by atoms with Crippen molar-refractivity contribution in [2.24, 2.45) is 0 Å². The van der Waals surface area contributed by atoms with Crippen LogP contribution in [0.25, 0.3) is 5.57 Å². The summed E-state index contributed by atoms with van der Waals surface area (Å²) in [4.78, 5) is 0. The number of nitrogens with zero attached hydrogens (tertiary/aromatic N) is 1. The number of rotatable bonds is 4. The fourth-order valence-electron chi connectivity index (χ4n) is 1.22. The lowest BCUT2D eigenvalue weighted by molar-refractivity contribution is 0.277. The molecule has 0 amide bonds. The molecule has 0 heterocycles. The minimum Gasteiger partial charge on any atom is -0.388 e. The highest BCUT2D eigenvalue weighted by atomic mass is 16.4. The van der Waals surface area contributed by atoms with E-state index in [1.807, 2.05) is 38.1 Å². The van der Waals surface area contributed by atoms with Crippen molar-refractivity contribution in [1.29, 1.82) is 5.26 Å². The molecule has 3 heteroatoms. The summed E-state index contributed by atoms with van der Waals surface area (Å²) in [5.41, 5.74) is 2.38. The topological polar surface area (TPSA) is 45.0 Å². The van der Waals surface area contributed by atoms with Gasteiger partial charge in [0, 0.05) is 32.0 Å². The first kappa shape index (κ1) is 19.5. The van der Waals surface area contributed by atoms with Crippen LogP contribution in [-0.4, -0.2) is 20.8 Å². The van der Waals surface area contributed by atoms with Gasteiger partial charge in [0.1, 0.15) is 0 Å². The Labute approximate surface area is 117 Å². The highest BCUT2D eigenvalue weighted by Gasteiger charge is 2.03. The number of ether oxygens (including phenoxy) is 1. The zero-order chi connectivity index (χ0) is 15.1. The van der Waals surface area contributed by atoms with Crippen LogP contribution in [0.5, 0.6) is 0 Å². The van der Waals surface area contributed by atoms with Gasteiger partial charge in [-0.3, -0.25) is 0 Å². The lowest BCUT2D eigenvalue weighted by Crippen LogP contribution is -2.01. The van der Waals surface area contributed by atoms with Crippen molar-refractivity contribution in [2.45, 2.75) is 27.2 Å². The second-order valence-electron chi connectivity index (χ2n) is 3.47. The second-order valence-corrected chi connectivity index (χ2v) is 3.47. The number of hydrogen-bond acceptors (Lipinski definition) is 3. The number of methoxy groups -OCH3 is 1. The van der Waals surface area contributed by atoms with Crippen molar-refractivity contribution in [2.75, 3.05) is 26.1 Å². The van der Waals surface area contributed by atoms with Crippen LogP contribution >= 0.6 is 0 Å². The average molecular weight is 262 g/mol. The number of allylic oxidation sites excluding steroid dienone is 1. The Kier molecular flexibility index (Phi) is 14.7. The molecule has 0 spiro atoms. The van der Waals surface area contributed by atoms with Gasteiger partial charge < -0.3 is 10.1 Å². The van der Waals surface area contributed by atoms with Crippen LogP contribution in [0.15, 0.2) is 30.8 Å². The summed E-state index contributed by atoms with van der Waals surface area (Å²) < 4.78 is 4.25. The minimum atomic E-state index is 0.504. The van der Waals surface area contributed by atoms with E-state index in [9.17, 15) is 0 Å². The molecule has 1 aromatic carbocycles. The predicted molar refractivity (Wildman–Crippen MR) is 84.2 cm³/mol. The molecule has 0 aliphatic heterocycles. The molecule has 0 saturated heterocycles. The molecule has 1 N–H and O–H groups in total. The van der Waals surface area contributed by atoms with Gasteiger partial charge in [-0.05, 0) is 12.5 Å². The van der Waals surface area contributed by atoms with Gasteiger partial charge in [0.15, 0.2) is 0 Å². The summed E-state index contributed by atoms with van der Waals surface area (Å²) in [7, 11) is 3.25. The standard InChI is InChI=1S/C12H14N2.C2H6O.C2H6/c1-3-8-14-12-7-5-4-6-11(12)10(2)9-13;1-3-2;1-2/h4-7,14H,2-3,8H2,1H3;1-2H3;1-2H3. The lowest BCUT2D eigenvalue weighted by Gasteiger charge is -2.09. The summed E-state index contributed by atoms with van der Waals surface area (Å²) in [5.74, 6) is 0. The van der Waals surface area contributed by atoms with E-state index in [1.54, 1.807) is 14.2 Å². The fraction of sp³-hybridized carbons (Fsp3) is 0.438. The molecule has 1 rings (SSSR count). The Morgan fingerprint density at radius 2 is 1.84 bits per heavy atom. The number of anilines is 1. The van der Waals surface area contributed by atoms with Gasteiger partial charge in [-0.1, -0.05) is 45.5 Å². The molecule has 0 atom stereocenters. The molecule has 3 nitrogen and oxygen atoms in total. The molecule has 1 aromatic rings. The van der Waals surface area contributed by atoms with E-state index in [2.05, 4.69) is 29.6 Å². The maximum absolute atomic E-state index is 8.76. The van der Waals surface area contributed by atoms with Gasteiger partial charge >= 0.3 is 0 Å². The fourth-order valence-corrected chi connectivity index (χ4v) is 1.22. The summed E-state index contributed by atoms with van der Waals surface area (Å²) in [6.45, 7) is 10.7. The third-order valence-electron chi connectivity index (χ3n) is 1.95. The van der Waals surface area contributed by atoms with E-state index in [-0.39, 0.29) is 0 Å². The zero-order valence-electron chi connectivity index (χ0n) is 12.8. The number of nitrogens with one attached hydrogen (secondary N) is 1. The number of nitriles is 1. The molecule has 0 aromatic heterocycles. The van der Waals surface area contributed by atoms with Gasteiger partial charge in [-0.2, -0.15) is 5.26 Å². The Balaban J connectivity index is 0. The highest BCUT2D eigenvalue weighted by molar-refractivity contribution is 5.82. The molecule has 0 saturated carbocycles. The van der Waals surface area contributed by atoms with E-state index in [0.29, 0.717) is 5.57 Å². The van der Waals surface area contributed by atoms with Crippen LogP contribution in [0, 0.1) is 11.3 Å². The monoisotopic (exact) mass is 262 g/mol. The van der Waals surface area contributed by atoms with Crippen LogP contribution in [0.1, 0.15) is 32.8 Å². The molecule has 0 unspecified atom stereocenters. The van der Waals surface area contributed by atoms with Crippen LogP contribution in [-0.2, 0) is 4.74 Å². The first-order valence-corrected chi connectivity index (χ1v) is 6.53. The van der Waals surface area contributed by atoms with Gasteiger partial charge in [0.05, 0.1) is 11.6 Å². The Morgan fingerprint density at radius 1 is 1.32 bits per heavy atom. The van der Waals surface area contributed by atoms with Gasteiger partial charge in [-0.15, -0.1) is 0 Å². The predicted octanol–water partition coefficient (Wildman–Crippen LogP) is 4.33. The largest absolute Gasteiger partial charge is 0.388 e. The summed E-state index contributed by atoms with van der Waals surface area (Å²) in [6.07, 6.45) is 1.06. The molecule has 19 heavy (non-hydrogen) atoms. The van der Waals surface area contributed by atoms with Crippen LogP contribution in [0.3, 0.4) is 0 Å². The number of hydrogen-bond donors (Lipinski definition) is 1. The van der Waals surface area contributed by atoms with E-state index in [4.69, 9.17) is 5.26 Å². The highest BCUT2D eigenvalue weighted by Crippen LogP contribution is 2.21. The zero-order valence-corrected chi connectivity index (χ0v) is 12.8. The normalized spacial score (nSPS) is 8.00. The molecule has 0 aliphatic rings. The van der Waals surface area contributed by atoms with Crippen molar-refractivity contribution in [3.63, 3.8) is 0 Å². The van der Waals surface area contributed by atoms with Crippen molar-refractivity contribution < 1.29 is 4.74 Å². The van der Waals surface area contributed by atoms with Gasteiger partial charge in [0.2, 0.25) is 0 Å². The van der Waals surface area contributed by atoms with E-state index in [1.165, 1.54) is 0 Å². The second kappa shape index (κ2) is 14.3. The molecule has 0 bridgehead atoms. The Bertz CT molecular complexity index is 381. The molecule has 106 valence electrons. The molecule has 0 radical (unpaired) electrons. The smallest absolute Gasteiger partial charge is 0.0992 e. The maximum Gasteiger partial charge on any atom is 0.0992 e. The summed E-state index contributed by atoms with van der Waals surface area (Å²) >= 11 is 0. The maximum atomic E-state index is 8.76.